The van der Waals surface area contributed by atoms with Gasteiger partial charge in [0.05, 0.1) is 20.4 Å². The molecule has 5 heterocycles. The smallest absolute Gasteiger partial charge is 0.164 e. The largest absolute Gasteiger partial charge is 0.456 e. The fraction of sp³-hybridized carbons (Fsp3) is 0. The Morgan fingerprint density at radius 2 is 0.906 bits per heavy atom. The maximum Gasteiger partial charge on any atom is 0.164 e. The molecule has 14 rings (SSSR count). The Kier molecular flexibility index (Phi) is 7.66. The summed E-state index contributed by atoms with van der Waals surface area (Å²) >= 11 is 3.83. The molecule has 0 bridgehead atoms. The van der Waals surface area contributed by atoms with Gasteiger partial charge < -0.3 is 8.98 Å². The highest BCUT2D eigenvalue weighted by molar-refractivity contribution is 7.33. The van der Waals surface area contributed by atoms with Crippen molar-refractivity contribution in [3.05, 3.63) is 194 Å². The minimum absolute atomic E-state index is 0.609. The number of nitrogens with zero attached hydrogens (tertiary/aromatic N) is 4. The van der Waals surface area contributed by atoms with E-state index < -0.39 is 0 Å². The van der Waals surface area contributed by atoms with Crippen LogP contribution in [0, 0.1) is 0 Å². The molecular formula is C57H32N4OS2. The van der Waals surface area contributed by atoms with Crippen LogP contribution >= 0.6 is 22.7 Å². The number of furan rings is 1. The number of rotatable bonds is 5. The van der Waals surface area contributed by atoms with Gasteiger partial charge in [0.25, 0.3) is 0 Å². The van der Waals surface area contributed by atoms with Gasteiger partial charge in [-0.15, -0.1) is 22.7 Å². The molecular weight excluding hydrogens is 821 g/mol. The van der Waals surface area contributed by atoms with Crippen LogP contribution in [0.5, 0.6) is 0 Å². The SMILES string of the molecule is c1ccc(-c2nc(-c3ccccc3)nc(-c3ccc4oc5ccc(-n6c7ccccc7c7cc(-c8cccc9c8sc8c9ccc9c%10ccccc%10sc98)ccc76)cc5c4c3)n2)cc1. The van der Waals surface area contributed by atoms with Crippen molar-refractivity contribution in [3.63, 3.8) is 0 Å². The van der Waals surface area contributed by atoms with E-state index in [0.29, 0.717) is 17.5 Å². The number of fused-ring (bicyclic) bond motifs is 13. The summed E-state index contributed by atoms with van der Waals surface area (Å²) in [6, 6.07) is 68.9. The average molecular weight is 853 g/mol. The molecule has 0 aliphatic rings. The first-order chi connectivity index (χ1) is 31.7. The molecule has 0 fully saturated rings. The van der Waals surface area contributed by atoms with Crippen molar-refractivity contribution in [1.29, 1.82) is 0 Å². The molecule has 0 N–H and O–H groups in total. The monoisotopic (exact) mass is 852 g/mol. The number of benzene rings is 9. The molecule has 0 aliphatic carbocycles. The molecule has 5 aromatic heterocycles. The Bertz CT molecular complexity index is 4140. The maximum atomic E-state index is 6.48. The van der Waals surface area contributed by atoms with E-state index in [-0.39, 0.29) is 0 Å². The number of para-hydroxylation sites is 1. The van der Waals surface area contributed by atoms with Crippen molar-refractivity contribution in [2.45, 2.75) is 0 Å². The molecule has 0 saturated carbocycles. The number of hydrogen-bond acceptors (Lipinski definition) is 6. The first-order valence-electron chi connectivity index (χ1n) is 21.3. The van der Waals surface area contributed by atoms with E-state index >= 15 is 0 Å². The fourth-order valence-electron chi connectivity index (χ4n) is 9.67. The summed E-state index contributed by atoms with van der Waals surface area (Å²) in [5, 5.41) is 9.79. The van der Waals surface area contributed by atoms with Crippen LogP contribution in [0.1, 0.15) is 0 Å². The van der Waals surface area contributed by atoms with Gasteiger partial charge in [-0.25, -0.2) is 15.0 Å². The van der Waals surface area contributed by atoms with E-state index in [1.807, 2.05) is 95.5 Å². The van der Waals surface area contributed by atoms with Gasteiger partial charge in [-0.2, -0.15) is 0 Å². The van der Waals surface area contributed by atoms with Crippen LogP contribution in [0.15, 0.2) is 199 Å². The van der Waals surface area contributed by atoms with Crippen LogP contribution in [-0.2, 0) is 0 Å². The fourth-order valence-corrected chi connectivity index (χ4v) is 12.3. The molecule has 0 unspecified atom stereocenters. The van der Waals surface area contributed by atoms with Gasteiger partial charge in [0, 0.05) is 74.9 Å². The van der Waals surface area contributed by atoms with Crippen LogP contribution in [0.3, 0.4) is 0 Å². The summed E-state index contributed by atoms with van der Waals surface area (Å²) in [5.41, 5.74) is 10.3. The van der Waals surface area contributed by atoms with E-state index in [1.165, 1.54) is 62.2 Å². The summed E-state index contributed by atoms with van der Waals surface area (Å²) in [4.78, 5) is 14.9. The van der Waals surface area contributed by atoms with E-state index in [9.17, 15) is 0 Å². The highest BCUT2D eigenvalue weighted by Gasteiger charge is 2.20. The van der Waals surface area contributed by atoms with E-state index in [2.05, 4.69) is 126 Å². The highest BCUT2D eigenvalue weighted by Crippen LogP contribution is 2.47. The Labute approximate surface area is 373 Å². The maximum absolute atomic E-state index is 6.48. The second kappa shape index (κ2) is 13.8. The van der Waals surface area contributed by atoms with Crippen molar-refractivity contribution in [1.82, 2.24) is 19.5 Å². The molecule has 0 aliphatic heterocycles. The predicted octanol–water partition coefficient (Wildman–Crippen LogP) is 16.3. The second-order valence-corrected chi connectivity index (χ2v) is 18.4. The molecule has 64 heavy (non-hydrogen) atoms. The van der Waals surface area contributed by atoms with Crippen LogP contribution in [0.25, 0.3) is 135 Å². The van der Waals surface area contributed by atoms with Gasteiger partial charge in [-0.1, -0.05) is 133 Å². The second-order valence-electron chi connectivity index (χ2n) is 16.3. The summed E-state index contributed by atoms with van der Waals surface area (Å²) in [5.74, 6) is 1.87. The van der Waals surface area contributed by atoms with E-state index in [4.69, 9.17) is 19.4 Å². The summed E-state index contributed by atoms with van der Waals surface area (Å²) in [6.45, 7) is 0. The Hall–Kier alpha value is -7.97. The molecule has 7 heteroatoms. The first-order valence-corrected chi connectivity index (χ1v) is 23.0. The molecule has 298 valence electrons. The number of aromatic nitrogens is 4. The first kappa shape index (κ1) is 35.6. The van der Waals surface area contributed by atoms with Crippen molar-refractivity contribution >= 4 is 107 Å². The van der Waals surface area contributed by atoms with Gasteiger partial charge in [0.2, 0.25) is 0 Å². The van der Waals surface area contributed by atoms with Crippen molar-refractivity contribution < 1.29 is 4.42 Å². The summed E-state index contributed by atoms with van der Waals surface area (Å²) in [6.07, 6.45) is 0. The van der Waals surface area contributed by atoms with Gasteiger partial charge >= 0.3 is 0 Å². The Morgan fingerprint density at radius 1 is 0.344 bits per heavy atom. The molecule has 0 amide bonds. The lowest BCUT2D eigenvalue weighted by Crippen LogP contribution is -2.00. The van der Waals surface area contributed by atoms with Crippen molar-refractivity contribution in [2.75, 3.05) is 0 Å². The zero-order chi connectivity index (χ0) is 41.9. The zero-order valence-corrected chi connectivity index (χ0v) is 35.6. The Morgan fingerprint density at radius 3 is 1.69 bits per heavy atom. The lowest BCUT2D eigenvalue weighted by Gasteiger charge is -2.09. The molecule has 14 aromatic rings. The summed E-state index contributed by atoms with van der Waals surface area (Å²) in [7, 11) is 0. The van der Waals surface area contributed by atoms with Gasteiger partial charge in [-0.05, 0) is 71.8 Å². The van der Waals surface area contributed by atoms with Crippen LogP contribution in [0.4, 0.5) is 0 Å². The summed E-state index contributed by atoms with van der Waals surface area (Å²) < 4.78 is 14.3. The topological polar surface area (TPSA) is 56.7 Å². The predicted molar refractivity (Wildman–Crippen MR) is 269 cm³/mol. The third-order valence-corrected chi connectivity index (χ3v) is 15.3. The van der Waals surface area contributed by atoms with Crippen LogP contribution in [-0.4, -0.2) is 19.5 Å². The van der Waals surface area contributed by atoms with Crippen LogP contribution < -0.4 is 0 Å². The lowest BCUT2D eigenvalue weighted by atomic mass is 10.0. The average Bonchev–Trinajstić information content (AvgIpc) is 4.13. The quantitative estimate of drug-likeness (QED) is 0.173. The number of hydrogen-bond donors (Lipinski definition) is 0. The molecule has 0 saturated heterocycles. The minimum atomic E-state index is 0.609. The van der Waals surface area contributed by atoms with Gasteiger partial charge in [-0.3, -0.25) is 0 Å². The minimum Gasteiger partial charge on any atom is -0.456 e. The normalized spacial score (nSPS) is 12.1. The third-order valence-electron chi connectivity index (χ3n) is 12.7. The number of thiophene rings is 2. The van der Waals surface area contributed by atoms with E-state index in [1.54, 1.807) is 0 Å². The molecule has 0 atom stereocenters. The van der Waals surface area contributed by atoms with E-state index in [0.717, 1.165) is 55.3 Å². The van der Waals surface area contributed by atoms with Gasteiger partial charge in [0.15, 0.2) is 17.5 Å². The van der Waals surface area contributed by atoms with Crippen LogP contribution in [0.2, 0.25) is 0 Å². The molecule has 0 spiro atoms. The highest BCUT2D eigenvalue weighted by atomic mass is 32.1. The lowest BCUT2D eigenvalue weighted by molar-refractivity contribution is 0.669. The van der Waals surface area contributed by atoms with Crippen molar-refractivity contribution in [2.24, 2.45) is 0 Å². The molecule has 0 radical (unpaired) electrons. The zero-order valence-electron chi connectivity index (χ0n) is 34.0. The molecule has 5 nitrogen and oxygen atoms in total. The molecule has 9 aromatic carbocycles. The van der Waals surface area contributed by atoms with Crippen molar-refractivity contribution in [3.8, 4) is 51.0 Å². The Balaban J connectivity index is 0.911. The standard InChI is InChI=1S/C57H32N4OS2/c1-3-12-33(13-4-1)55-58-56(34-14-5-2-6-15-34)60-57(59-55)36-23-28-49-45(31-36)46-32-37(24-29-50(46)62-49)61-47-20-9-7-16-39(47)44-30-35(22-27-48(44)61)38-18-11-19-41-43-26-25-42-40-17-8-10-21-51(40)63-53(42)54(43)64-52(38)41/h1-32H. The third kappa shape index (κ3) is 5.38. The van der Waals surface area contributed by atoms with Gasteiger partial charge in [0.1, 0.15) is 11.2 Å².